The summed E-state index contributed by atoms with van der Waals surface area (Å²) in [6.45, 7) is 9.32. The minimum Gasteiger partial charge on any atom is -0.494 e. The Kier molecular flexibility index (Phi) is 9.52. The molecule has 0 aliphatic carbocycles. The highest BCUT2D eigenvalue weighted by Crippen LogP contribution is 2.16. The van der Waals surface area contributed by atoms with E-state index in [0.29, 0.717) is 31.0 Å². The third-order valence-corrected chi connectivity index (χ3v) is 6.06. The van der Waals surface area contributed by atoms with Gasteiger partial charge >= 0.3 is 0 Å². The molecule has 0 radical (unpaired) electrons. The Morgan fingerprint density at radius 3 is 2.20 bits per heavy atom. The lowest BCUT2D eigenvalue weighted by Gasteiger charge is -2.36. The molecule has 1 aliphatic heterocycles. The lowest BCUT2D eigenvalue weighted by atomic mass is 10.0. The van der Waals surface area contributed by atoms with Crippen LogP contribution in [0.15, 0.2) is 54.6 Å². The first kappa shape index (κ1) is 26.1. The molecule has 0 spiro atoms. The molecule has 8 nitrogen and oxygen atoms in total. The normalized spacial score (nSPS) is 14.4. The monoisotopic (exact) mass is 480 g/mol. The zero-order valence-electron chi connectivity index (χ0n) is 20.8. The van der Waals surface area contributed by atoms with Crippen molar-refractivity contribution in [3.8, 4) is 5.75 Å². The van der Waals surface area contributed by atoms with Gasteiger partial charge in [-0.2, -0.15) is 0 Å². The molecule has 1 heterocycles. The summed E-state index contributed by atoms with van der Waals surface area (Å²) in [5.41, 5.74) is 1.62. The minimum absolute atomic E-state index is 0.0255. The molecule has 3 amide bonds. The van der Waals surface area contributed by atoms with Gasteiger partial charge in [0.2, 0.25) is 11.8 Å². The lowest BCUT2D eigenvalue weighted by Crippen LogP contribution is -2.51. The predicted octanol–water partition coefficient (Wildman–Crippen LogP) is 2.69. The number of hydrogen-bond donors (Lipinski definition) is 2. The van der Waals surface area contributed by atoms with E-state index in [1.165, 1.54) is 5.69 Å². The summed E-state index contributed by atoms with van der Waals surface area (Å²) >= 11 is 0. The maximum Gasteiger partial charge on any atom is 0.251 e. The summed E-state index contributed by atoms with van der Waals surface area (Å²) in [7, 11) is 0. The van der Waals surface area contributed by atoms with E-state index < -0.39 is 6.04 Å². The fraction of sp³-hybridized carbons (Fsp3) is 0.444. The molecule has 8 heteroatoms. The average Bonchev–Trinajstić information content (AvgIpc) is 2.88. The first-order chi connectivity index (χ1) is 16.9. The molecule has 1 saturated heterocycles. The van der Waals surface area contributed by atoms with E-state index in [1.54, 1.807) is 24.3 Å². The van der Waals surface area contributed by atoms with Crippen molar-refractivity contribution in [3.05, 3.63) is 60.2 Å². The van der Waals surface area contributed by atoms with Crippen LogP contribution >= 0.6 is 0 Å². The number of para-hydroxylation sites is 1. The van der Waals surface area contributed by atoms with Gasteiger partial charge in [-0.25, -0.2) is 0 Å². The summed E-state index contributed by atoms with van der Waals surface area (Å²) in [5, 5.41) is 5.63. The number of benzene rings is 2. The summed E-state index contributed by atoms with van der Waals surface area (Å²) < 4.78 is 5.40. The molecule has 1 atom stereocenters. The fourth-order valence-corrected chi connectivity index (χ4v) is 4.04. The highest BCUT2D eigenvalue weighted by molar-refractivity contribution is 5.97. The molecule has 2 aromatic carbocycles. The zero-order chi connectivity index (χ0) is 25.2. The number of nitrogens with zero attached hydrogens (tertiary/aromatic N) is 2. The molecule has 2 N–H and O–H groups in total. The molecular formula is C27H36N4O4. The summed E-state index contributed by atoms with van der Waals surface area (Å²) in [4.78, 5) is 42.2. The minimum atomic E-state index is -0.696. The Hall–Kier alpha value is -3.55. The smallest absolute Gasteiger partial charge is 0.251 e. The average molecular weight is 481 g/mol. The standard InChI is InChI=1S/C27H36N4O4/c1-4-35-23-12-10-21(11-13-23)26(33)29-25(20(2)3)27(34)28-15-14-24(32)31-18-16-30(17-19-31)22-8-6-5-7-9-22/h5-13,20,25H,4,14-19H2,1-3H3,(H,28,34)(H,29,33). The van der Waals surface area contributed by atoms with Gasteiger partial charge in [0.25, 0.3) is 5.91 Å². The van der Waals surface area contributed by atoms with Gasteiger partial charge in [0.15, 0.2) is 0 Å². The molecule has 0 bridgehead atoms. The number of anilines is 1. The van der Waals surface area contributed by atoms with Crippen LogP contribution in [0.25, 0.3) is 0 Å². The second-order valence-corrected chi connectivity index (χ2v) is 8.90. The van der Waals surface area contributed by atoms with Crippen molar-refractivity contribution >= 4 is 23.4 Å². The molecular weight excluding hydrogens is 444 g/mol. The van der Waals surface area contributed by atoms with Crippen LogP contribution in [-0.2, 0) is 9.59 Å². The van der Waals surface area contributed by atoms with Gasteiger partial charge in [0, 0.05) is 50.4 Å². The van der Waals surface area contributed by atoms with Gasteiger partial charge in [0.1, 0.15) is 11.8 Å². The van der Waals surface area contributed by atoms with Crippen molar-refractivity contribution in [2.45, 2.75) is 33.2 Å². The predicted molar refractivity (Wildman–Crippen MR) is 137 cm³/mol. The molecule has 0 aromatic heterocycles. The Morgan fingerprint density at radius 2 is 1.60 bits per heavy atom. The number of rotatable bonds is 10. The second-order valence-electron chi connectivity index (χ2n) is 8.90. The molecule has 188 valence electrons. The number of ether oxygens (including phenoxy) is 1. The van der Waals surface area contributed by atoms with Crippen molar-refractivity contribution in [3.63, 3.8) is 0 Å². The van der Waals surface area contributed by atoms with Crippen LogP contribution in [-0.4, -0.2) is 68.0 Å². The third kappa shape index (κ3) is 7.47. The largest absolute Gasteiger partial charge is 0.494 e. The summed E-state index contributed by atoms with van der Waals surface area (Å²) in [6.07, 6.45) is 0.231. The molecule has 0 saturated carbocycles. The van der Waals surface area contributed by atoms with Crippen molar-refractivity contribution in [2.75, 3.05) is 44.2 Å². The number of carbonyl (C=O) groups is 3. The third-order valence-electron chi connectivity index (χ3n) is 6.06. The summed E-state index contributed by atoms with van der Waals surface area (Å²) in [5.74, 6) is -0.00969. The van der Waals surface area contributed by atoms with Crippen LogP contribution in [0.1, 0.15) is 37.6 Å². The number of amides is 3. The van der Waals surface area contributed by atoms with Gasteiger partial charge in [0.05, 0.1) is 6.61 Å². The Morgan fingerprint density at radius 1 is 0.943 bits per heavy atom. The van der Waals surface area contributed by atoms with Crippen molar-refractivity contribution in [1.29, 1.82) is 0 Å². The number of piperazine rings is 1. The Balaban J connectivity index is 1.43. The molecule has 1 aliphatic rings. The van der Waals surface area contributed by atoms with E-state index in [4.69, 9.17) is 4.74 Å². The highest BCUT2D eigenvalue weighted by Gasteiger charge is 2.25. The van der Waals surface area contributed by atoms with E-state index in [1.807, 2.05) is 43.9 Å². The Labute approximate surface area is 207 Å². The highest BCUT2D eigenvalue weighted by atomic mass is 16.5. The lowest BCUT2D eigenvalue weighted by molar-refractivity contribution is -0.131. The van der Waals surface area contributed by atoms with Gasteiger partial charge in [-0.1, -0.05) is 32.0 Å². The first-order valence-electron chi connectivity index (χ1n) is 12.3. The maximum atomic E-state index is 12.8. The van der Waals surface area contributed by atoms with E-state index in [2.05, 4.69) is 27.7 Å². The van der Waals surface area contributed by atoms with E-state index in [9.17, 15) is 14.4 Å². The molecule has 1 fully saturated rings. The quantitative estimate of drug-likeness (QED) is 0.546. The van der Waals surface area contributed by atoms with Crippen LogP contribution in [0, 0.1) is 5.92 Å². The topological polar surface area (TPSA) is 91.0 Å². The van der Waals surface area contributed by atoms with Crippen molar-refractivity contribution in [2.24, 2.45) is 5.92 Å². The van der Waals surface area contributed by atoms with Gasteiger partial charge in [-0.05, 0) is 49.2 Å². The maximum absolute atomic E-state index is 12.8. The molecule has 3 rings (SSSR count). The van der Waals surface area contributed by atoms with E-state index >= 15 is 0 Å². The fourth-order valence-electron chi connectivity index (χ4n) is 4.04. The van der Waals surface area contributed by atoms with Crippen molar-refractivity contribution < 1.29 is 19.1 Å². The zero-order valence-corrected chi connectivity index (χ0v) is 20.8. The van der Waals surface area contributed by atoms with Crippen LogP contribution in [0.2, 0.25) is 0 Å². The molecule has 2 aromatic rings. The van der Waals surface area contributed by atoms with Gasteiger partial charge in [-0.3, -0.25) is 14.4 Å². The number of hydrogen-bond acceptors (Lipinski definition) is 5. The van der Waals surface area contributed by atoms with E-state index in [-0.39, 0.29) is 36.6 Å². The van der Waals surface area contributed by atoms with Crippen LogP contribution < -0.4 is 20.3 Å². The van der Waals surface area contributed by atoms with Crippen LogP contribution in [0.4, 0.5) is 5.69 Å². The molecule has 35 heavy (non-hydrogen) atoms. The van der Waals surface area contributed by atoms with Gasteiger partial charge in [-0.15, -0.1) is 0 Å². The van der Waals surface area contributed by atoms with Crippen molar-refractivity contribution in [1.82, 2.24) is 15.5 Å². The van der Waals surface area contributed by atoms with E-state index in [0.717, 1.165) is 13.1 Å². The molecule has 1 unspecified atom stereocenters. The SMILES string of the molecule is CCOc1ccc(C(=O)NC(C(=O)NCCC(=O)N2CCN(c3ccccc3)CC2)C(C)C)cc1. The number of carbonyl (C=O) groups excluding carboxylic acids is 3. The van der Waals surface area contributed by atoms with Gasteiger partial charge < -0.3 is 25.2 Å². The summed E-state index contributed by atoms with van der Waals surface area (Å²) in [6, 6.07) is 16.3. The Bertz CT molecular complexity index is 970. The number of nitrogens with one attached hydrogen (secondary N) is 2. The second kappa shape index (κ2) is 12.8. The van der Waals surface area contributed by atoms with Crippen LogP contribution in [0.3, 0.4) is 0 Å². The van der Waals surface area contributed by atoms with Crippen LogP contribution in [0.5, 0.6) is 5.75 Å². The first-order valence-corrected chi connectivity index (χ1v) is 12.3.